The van der Waals surface area contributed by atoms with Crippen molar-refractivity contribution in [1.82, 2.24) is 9.80 Å². The summed E-state index contributed by atoms with van der Waals surface area (Å²) in [5.41, 5.74) is 1.83. The van der Waals surface area contributed by atoms with Crippen molar-refractivity contribution >= 4 is 12.3 Å². The molecule has 2 amide bonds. The van der Waals surface area contributed by atoms with Crippen LogP contribution in [0.2, 0.25) is 0 Å². The summed E-state index contributed by atoms with van der Waals surface area (Å²) in [5, 5.41) is 0. The number of nitrogens with zero attached hydrogens (tertiary/aromatic N) is 2. The van der Waals surface area contributed by atoms with Crippen molar-refractivity contribution in [2.45, 2.75) is 27.8 Å². The van der Waals surface area contributed by atoms with E-state index in [0.29, 0.717) is 47.0 Å². The molecule has 0 atom stereocenters. The maximum Gasteiger partial charge on any atom is 0.260 e. The molecule has 0 fully saturated rings. The summed E-state index contributed by atoms with van der Waals surface area (Å²) < 4.78 is 16.0. The highest BCUT2D eigenvalue weighted by Gasteiger charge is 2.20. The van der Waals surface area contributed by atoms with Crippen LogP contribution in [0.1, 0.15) is 35.8 Å². The Hall–Kier alpha value is -3.06. The van der Waals surface area contributed by atoms with Gasteiger partial charge in [0.25, 0.3) is 5.91 Å². The number of methoxy groups -OCH3 is 2. The molecule has 0 saturated carbocycles. The molecule has 0 aliphatic carbocycles. The zero-order valence-electron chi connectivity index (χ0n) is 18.9. The monoisotopic (exact) mass is 432 g/mol. The molecular formula is C24H36N2O5. The van der Waals surface area contributed by atoms with Gasteiger partial charge in [0.05, 0.1) is 27.4 Å². The molecule has 0 radical (unpaired) electrons. The van der Waals surface area contributed by atoms with Crippen molar-refractivity contribution in [3.05, 3.63) is 53.1 Å². The number of hydrogen-bond acceptors (Lipinski definition) is 6. The Morgan fingerprint density at radius 2 is 1.68 bits per heavy atom. The van der Waals surface area contributed by atoms with Crippen molar-refractivity contribution in [1.29, 1.82) is 0 Å². The second-order valence-corrected chi connectivity index (χ2v) is 6.92. The van der Waals surface area contributed by atoms with Crippen LogP contribution in [0.4, 0.5) is 0 Å². The molecule has 31 heavy (non-hydrogen) atoms. The summed E-state index contributed by atoms with van der Waals surface area (Å²) in [4.78, 5) is 27.5. The minimum atomic E-state index is -0.392. The molecule has 2 rings (SSSR count). The zero-order valence-corrected chi connectivity index (χ0v) is 18.9. The Bertz CT molecular complexity index is 834. The third kappa shape index (κ3) is 8.30. The zero-order chi connectivity index (χ0) is 22.7. The lowest BCUT2D eigenvalue weighted by atomic mass is 10.1. The molecule has 0 N–H and O–H groups in total. The first-order valence-corrected chi connectivity index (χ1v) is 9.59. The summed E-state index contributed by atoms with van der Waals surface area (Å²) in [5.74, 6) is 1.42. The van der Waals surface area contributed by atoms with E-state index in [9.17, 15) is 9.59 Å². The minimum Gasteiger partial charge on any atom is -0.497 e. The maximum absolute atomic E-state index is 12.9. The van der Waals surface area contributed by atoms with Gasteiger partial charge in [-0.3, -0.25) is 14.5 Å². The second-order valence-electron chi connectivity index (χ2n) is 6.92. The number of imide groups is 1. The molecule has 0 aliphatic rings. The van der Waals surface area contributed by atoms with Crippen LogP contribution in [-0.4, -0.2) is 64.1 Å². The SMILES string of the molecule is C.CCOc1cccc(C(=O)N(C=O)Cc2ccc(OC)cc2OC)c1C.CN(C)C. The van der Waals surface area contributed by atoms with Gasteiger partial charge in [0, 0.05) is 22.8 Å². The Balaban J connectivity index is 0.00000165. The first-order chi connectivity index (χ1) is 14.3. The van der Waals surface area contributed by atoms with Gasteiger partial charge in [-0.25, -0.2) is 0 Å². The molecule has 0 saturated heterocycles. The van der Waals surface area contributed by atoms with E-state index in [0.717, 1.165) is 4.90 Å². The number of amides is 2. The molecule has 2 aromatic carbocycles. The lowest BCUT2D eigenvalue weighted by molar-refractivity contribution is -0.116. The van der Waals surface area contributed by atoms with Gasteiger partial charge in [0.15, 0.2) is 0 Å². The first-order valence-electron chi connectivity index (χ1n) is 9.59. The quantitative estimate of drug-likeness (QED) is 0.587. The molecule has 0 spiro atoms. The summed E-state index contributed by atoms with van der Waals surface area (Å²) in [6.45, 7) is 4.27. The van der Waals surface area contributed by atoms with Crippen LogP contribution in [0.15, 0.2) is 36.4 Å². The van der Waals surface area contributed by atoms with E-state index in [4.69, 9.17) is 14.2 Å². The van der Waals surface area contributed by atoms with E-state index in [-0.39, 0.29) is 14.0 Å². The third-order valence-corrected chi connectivity index (χ3v) is 4.04. The maximum atomic E-state index is 12.9. The molecule has 7 nitrogen and oxygen atoms in total. The summed E-state index contributed by atoms with van der Waals surface area (Å²) in [7, 11) is 9.09. The average molecular weight is 433 g/mol. The van der Waals surface area contributed by atoms with Crippen LogP contribution >= 0.6 is 0 Å². The van der Waals surface area contributed by atoms with Crippen molar-refractivity contribution in [2.24, 2.45) is 0 Å². The van der Waals surface area contributed by atoms with Gasteiger partial charge in [0.1, 0.15) is 17.2 Å². The number of carbonyl (C=O) groups is 2. The molecular weight excluding hydrogens is 396 g/mol. The normalized spacial score (nSPS) is 9.68. The number of hydrogen-bond donors (Lipinski definition) is 0. The van der Waals surface area contributed by atoms with Gasteiger partial charge in [-0.05, 0) is 59.3 Å². The topological polar surface area (TPSA) is 68.3 Å². The summed E-state index contributed by atoms with van der Waals surface area (Å²) >= 11 is 0. The standard InChI is InChI=1S/C20H23NO5.C3H9N.CH4/c1-5-26-18-8-6-7-17(14(18)2)20(23)21(13-22)12-15-9-10-16(24-3)11-19(15)25-4;1-4(2)3;/h6-11,13H,5,12H2,1-4H3;1-3H3;1H4. The van der Waals surface area contributed by atoms with Gasteiger partial charge in [-0.1, -0.05) is 13.5 Å². The number of rotatable bonds is 8. The van der Waals surface area contributed by atoms with Gasteiger partial charge in [-0.2, -0.15) is 0 Å². The number of ether oxygens (including phenoxy) is 3. The lowest BCUT2D eigenvalue weighted by Gasteiger charge is -2.19. The first kappa shape index (κ1) is 27.9. The van der Waals surface area contributed by atoms with E-state index in [1.807, 2.05) is 33.0 Å². The van der Waals surface area contributed by atoms with E-state index >= 15 is 0 Å². The molecule has 0 unspecified atom stereocenters. The van der Waals surface area contributed by atoms with Crippen molar-refractivity contribution in [2.75, 3.05) is 42.0 Å². The van der Waals surface area contributed by atoms with E-state index in [1.54, 1.807) is 50.4 Å². The fourth-order valence-electron chi connectivity index (χ4n) is 2.64. The van der Waals surface area contributed by atoms with Crippen molar-refractivity contribution in [3.8, 4) is 17.2 Å². The summed E-state index contributed by atoms with van der Waals surface area (Å²) in [6.07, 6.45) is 0.527. The molecule has 0 aromatic heterocycles. The van der Waals surface area contributed by atoms with Crippen LogP contribution in [0, 0.1) is 6.92 Å². The Kier molecular flexibility index (Phi) is 12.6. The molecule has 0 aliphatic heterocycles. The smallest absolute Gasteiger partial charge is 0.260 e. The second kappa shape index (κ2) is 14.0. The number of carbonyl (C=O) groups excluding carboxylic acids is 2. The van der Waals surface area contributed by atoms with Crippen LogP contribution in [0.5, 0.6) is 17.2 Å². The highest BCUT2D eigenvalue weighted by molar-refractivity contribution is 6.01. The molecule has 0 bridgehead atoms. The largest absolute Gasteiger partial charge is 0.497 e. The predicted molar refractivity (Wildman–Crippen MR) is 124 cm³/mol. The highest BCUT2D eigenvalue weighted by Crippen LogP contribution is 2.27. The van der Waals surface area contributed by atoms with Crippen LogP contribution < -0.4 is 14.2 Å². The molecule has 0 heterocycles. The average Bonchev–Trinajstić information content (AvgIpc) is 2.72. The fraction of sp³-hybridized carbons (Fsp3) is 0.417. The van der Waals surface area contributed by atoms with E-state index in [2.05, 4.69) is 0 Å². The van der Waals surface area contributed by atoms with Gasteiger partial charge >= 0.3 is 0 Å². The molecule has 2 aromatic rings. The van der Waals surface area contributed by atoms with Crippen LogP contribution in [-0.2, 0) is 11.3 Å². The minimum absolute atomic E-state index is 0. The molecule has 172 valence electrons. The van der Waals surface area contributed by atoms with Crippen LogP contribution in [0.3, 0.4) is 0 Å². The fourth-order valence-corrected chi connectivity index (χ4v) is 2.64. The van der Waals surface area contributed by atoms with Gasteiger partial charge in [-0.15, -0.1) is 0 Å². The van der Waals surface area contributed by atoms with Crippen LogP contribution in [0.25, 0.3) is 0 Å². The highest BCUT2D eigenvalue weighted by atomic mass is 16.5. The molecule has 7 heteroatoms. The lowest BCUT2D eigenvalue weighted by Crippen LogP contribution is -2.30. The van der Waals surface area contributed by atoms with Gasteiger partial charge in [0.2, 0.25) is 6.41 Å². The number of benzene rings is 2. The Morgan fingerprint density at radius 1 is 1.03 bits per heavy atom. The Labute approximate surface area is 186 Å². The van der Waals surface area contributed by atoms with Crippen molar-refractivity contribution < 1.29 is 23.8 Å². The van der Waals surface area contributed by atoms with E-state index < -0.39 is 5.91 Å². The Morgan fingerprint density at radius 3 is 2.19 bits per heavy atom. The van der Waals surface area contributed by atoms with E-state index in [1.165, 1.54) is 7.11 Å². The van der Waals surface area contributed by atoms with Crippen molar-refractivity contribution in [3.63, 3.8) is 0 Å². The summed E-state index contributed by atoms with van der Waals surface area (Å²) in [6, 6.07) is 10.5. The third-order valence-electron chi connectivity index (χ3n) is 4.04. The predicted octanol–water partition coefficient (Wildman–Crippen LogP) is 4.02. The van der Waals surface area contributed by atoms with Gasteiger partial charge < -0.3 is 19.1 Å².